The van der Waals surface area contributed by atoms with Crippen LogP contribution in [0.1, 0.15) is 55.7 Å². The van der Waals surface area contributed by atoms with Crippen LogP contribution in [0.25, 0.3) is 0 Å². The summed E-state index contributed by atoms with van der Waals surface area (Å²) in [5, 5.41) is 0. The minimum atomic E-state index is 0.160. The number of hydrogen-bond donors (Lipinski definition) is 1. The van der Waals surface area contributed by atoms with Gasteiger partial charge in [-0.05, 0) is 36.8 Å². The SMILES string of the molecule is CC(N)c1ccc(C2CCCC2)cc1. The quantitative estimate of drug-likeness (QED) is 0.758. The summed E-state index contributed by atoms with van der Waals surface area (Å²) in [4.78, 5) is 0. The van der Waals surface area contributed by atoms with Crippen LogP contribution in [0.2, 0.25) is 0 Å². The van der Waals surface area contributed by atoms with E-state index in [-0.39, 0.29) is 6.04 Å². The maximum absolute atomic E-state index is 5.82. The van der Waals surface area contributed by atoms with E-state index in [0.29, 0.717) is 0 Å². The molecule has 1 saturated carbocycles. The summed E-state index contributed by atoms with van der Waals surface area (Å²) in [5.41, 5.74) is 8.57. The third-order valence-corrected chi connectivity index (χ3v) is 3.29. The van der Waals surface area contributed by atoms with E-state index in [1.54, 1.807) is 0 Å². The molecule has 0 aromatic heterocycles. The van der Waals surface area contributed by atoms with Crippen LogP contribution in [0.4, 0.5) is 0 Å². The lowest BCUT2D eigenvalue weighted by atomic mass is 9.96. The van der Waals surface area contributed by atoms with Crippen LogP contribution in [0, 0.1) is 0 Å². The van der Waals surface area contributed by atoms with Gasteiger partial charge in [0.15, 0.2) is 0 Å². The minimum absolute atomic E-state index is 0.160. The van der Waals surface area contributed by atoms with E-state index in [0.717, 1.165) is 5.92 Å². The molecule has 0 saturated heterocycles. The maximum Gasteiger partial charge on any atom is 0.0266 e. The highest BCUT2D eigenvalue weighted by molar-refractivity contribution is 5.27. The summed E-state index contributed by atoms with van der Waals surface area (Å²) in [6, 6.07) is 9.03. The molecular weight excluding hydrogens is 170 g/mol. The standard InChI is InChI=1S/C13H19N/c1-10(14)11-6-8-13(9-7-11)12-4-2-3-5-12/h6-10,12H,2-5,14H2,1H3. The third kappa shape index (κ3) is 1.98. The number of rotatable bonds is 2. The van der Waals surface area contributed by atoms with Crippen molar-refractivity contribution in [2.24, 2.45) is 5.73 Å². The molecule has 14 heavy (non-hydrogen) atoms. The lowest BCUT2D eigenvalue weighted by molar-refractivity contribution is 0.721. The van der Waals surface area contributed by atoms with Gasteiger partial charge in [0.2, 0.25) is 0 Å². The summed E-state index contributed by atoms with van der Waals surface area (Å²) >= 11 is 0. The zero-order valence-electron chi connectivity index (χ0n) is 8.87. The summed E-state index contributed by atoms with van der Waals surface area (Å²) in [6.45, 7) is 2.03. The van der Waals surface area contributed by atoms with Crippen molar-refractivity contribution in [1.82, 2.24) is 0 Å². The van der Waals surface area contributed by atoms with Crippen molar-refractivity contribution in [2.75, 3.05) is 0 Å². The highest BCUT2D eigenvalue weighted by Gasteiger charge is 2.16. The van der Waals surface area contributed by atoms with Gasteiger partial charge in [-0.25, -0.2) is 0 Å². The fraction of sp³-hybridized carbons (Fsp3) is 0.538. The molecule has 2 N–H and O–H groups in total. The van der Waals surface area contributed by atoms with Crippen molar-refractivity contribution in [3.8, 4) is 0 Å². The second-order valence-electron chi connectivity index (χ2n) is 4.44. The Kier molecular flexibility index (Phi) is 2.87. The van der Waals surface area contributed by atoms with E-state index >= 15 is 0 Å². The van der Waals surface area contributed by atoms with Gasteiger partial charge in [-0.3, -0.25) is 0 Å². The molecule has 0 bridgehead atoms. The van der Waals surface area contributed by atoms with Crippen molar-refractivity contribution >= 4 is 0 Å². The molecule has 0 aliphatic heterocycles. The molecule has 1 nitrogen and oxygen atoms in total. The molecular formula is C13H19N. The highest BCUT2D eigenvalue weighted by Crippen LogP contribution is 2.34. The molecule has 1 fully saturated rings. The van der Waals surface area contributed by atoms with Gasteiger partial charge in [-0.1, -0.05) is 37.1 Å². The first-order valence-corrected chi connectivity index (χ1v) is 5.63. The lowest BCUT2D eigenvalue weighted by Crippen LogP contribution is -2.04. The molecule has 0 amide bonds. The Hall–Kier alpha value is -0.820. The molecule has 0 heterocycles. The van der Waals surface area contributed by atoms with E-state index in [2.05, 4.69) is 24.3 Å². The van der Waals surface area contributed by atoms with Crippen LogP contribution in [0.3, 0.4) is 0 Å². The van der Waals surface area contributed by atoms with Crippen LogP contribution in [0.15, 0.2) is 24.3 Å². The van der Waals surface area contributed by atoms with Crippen LogP contribution in [-0.2, 0) is 0 Å². The van der Waals surface area contributed by atoms with Crippen LogP contribution >= 0.6 is 0 Å². The topological polar surface area (TPSA) is 26.0 Å². The average molecular weight is 189 g/mol. The highest BCUT2D eigenvalue weighted by atomic mass is 14.6. The summed E-state index contributed by atoms with van der Waals surface area (Å²) in [6.07, 6.45) is 5.55. The van der Waals surface area contributed by atoms with Crippen molar-refractivity contribution < 1.29 is 0 Å². The average Bonchev–Trinajstić information content (AvgIpc) is 2.71. The van der Waals surface area contributed by atoms with E-state index in [1.165, 1.54) is 36.8 Å². The van der Waals surface area contributed by atoms with Gasteiger partial charge in [0.05, 0.1) is 0 Å². The molecule has 1 unspecified atom stereocenters. The van der Waals surface area contributed by atoms with Gasteiger partial charge in [-0.2, -0.15) is 0 Å². The first-order chi connectivity index (χ1) is 6.77. The largest absolute Gasteiger partial charge is 0.324 e. The molecule has 76 valence electrons. The van der Waals surface area contributed by atoms with E-state index in [9.17, 15) is 0 Å². The Morgan fingerprint density at radius 1 is 1.14 bits per heavy atom. The van der Waals surface area contributed by atoms with Crippen LogP contribution < -0.4 is 5.73 Å². The Morgan fingerprint density at radius 2 is 1.71 bits per heavy atom. The normalized spacial score (nSPS) is 19.9. The smallest absolute Gasteiger partial charge is 0.0266 e. The summed E-state index contributed by atoms with van der Waals surface area (Å²) < 4.78 is 0. The van der Waals surface area contributed by atoms with Crippen molar-refractivity contribution in [1.29, 1.82) is 0 Å². The monoisotopic (exact) mass is 189 g/mol. The number of benzene rings is 1. The van der Waals surface area contributed by atoms with E-state index in [1.807, 2.05) is 6.92 Å². The Bertz CT molecular complexity index is 281. The minimum Gasteiger partial charge on any atom is -0.324 e. The molecule has 1 aliphatic rings. The third-order valence-electron chi connectivity index (χ3n) is 3.29. The number of nitrogens with two attached hydrogens (primary N) is 1. The molecule has 2 rings (SSSR count). The number of hydrogen-bond acceptors (Lipinski definition) is 1. The summed E-state index contributed by atoms with van der Waals surface area (Å²) in [5.74, 6) is 0.817. The first-order valence-electron chi connectivity index (χ1n) is 5.63. The molecule has 1 atom stereocenters. The lowest BCUT2D eigenvalue weighted by Gasteiger charge is -2.11. The summed E-state index contributed by atoms with van der Waals surface area (Å²) in [7, 11) is 0. The molecule has 0 spiro atoms. The van der Waals surface area contributed by atoms with Gasteiger partial charge < -0.3 is 5.73 Å². The maximum atomic E-state index is 5.82. The molecule has 1 aromatic carbocycles. The van der Waals surface area contributed by atoms with E-state index < -0.39 is 0 Å². The van der Waals surface area contributed by atoms with Crippen LogP contribution in [0.5, 0.6) is 0 Å². The van der Waals surface area contributed by atoms with E-state index in [4.69, 9.17) is 5.73 Å². The second kappa shape index (κ2) is 4.14. The predicted octanol–water partition coefficient (Wildman–Crippen LogP) is 3.36. The van der Waals surface area contributed by atoms with Gasteiger partial charge >= 0.3 is 0 Å². The molecule has 1 aromatic rings. The zero-order valence-corrected chi connectivity index (χ0v) is 8.87. The molecule has 0 radical (unpaired) electrons. The van der Waals surface area contributed by atoms with Gasteiger partial charge in [-0.15, -0.1) is 0 Å². The first kappa shape index (κ1) is 9.72. The van der Waals surface area contributed by atoms with Gasteiger partial charge in [0.1, 0.15) is 0 Å². The van der Waals surface area contributed by atoms with Gasteiger partial charge in [0, 0.05) is 6.04 Å². The second-order valence-corrected chi connectivity index (χ2v) is 4.44. The molecule has 1 aliphatic carbocycles. The van der Waals surface area contributed by atoms with Crippen molar-refractivity contribution in [3.05, 3.63) is 35.4 Å². The van der Waals surface area contributed by atoms with Crippen LogP contribution in [-0.4, -0.2) is 0 Å². The predicted molar refractivity (Wildman–Crippen MR) is 60.3 cm³/mol. The Morgan fingerprint density at radius 3 is 2.21 bits per heavy atom. The fourth-order valence-corrected chi connectivity index (χ4v) is 2.33. The van der Waals surface area contributed by atoms with Crippen molar-refractivity contribution in [3.63, 3.8) is 0 Å². The zero-order chi connectivity index (χ0) is 9.97. The Labute approximate surface area is 86.3 Å². The fourth-order valence-electron chi connectivity index (χ4n) is 2.33. The molecule has 1 heteroatoms. The Balaban J connectivity index is 2.12. The van der Waals surface area contributed by atoms with Gasteiger partial charge in [0.25, 0.3) is 0 Å². The van der Waals surface area contributed by atoms with Crippen molar-refractivity contribution in [2.45, 2.75) is 44.6 Å².